The average Bonchev–Trinajstić information content (AvgIpc) is 2.35. The molecule has 0 heterocycles. The summed E-state index contributed by atoms with van der Waals surface area (Å²) in [5.74, 6) is 2.51. The second-order valence-electron chi connectivity index (χ2n) is 3.71. The van der Waals surface area contributed by atoms with Gasteiger partial charge in [0.25, 0.3) is 0 Å². The third-order valence-corrected chi connectivity index (χ3v) is 2.39. The van der Waals surface area contributed by atoms with E-state index in [0.717, 1.165) is 0 Å². The van der Waals surface area contributed by atoms with Crippen LogP contribution in [0, 0.1) is 12.3 Å². The zero-order valence-corrected chi connectivity index (χ0v) is 11.1. The fourth-order valence-electron chi connectivity index (χ4n) is 1.35. The number of hydrogen-bond acceptors (Lipinski definition) is 4. The first-order valence-electron chi connectivity index (χ1n) is 5.06. The fraction of sp³-hybridized carbons (Fsp3) is 0.308. The summed E-state index contributed by atoms with van der Waals surface area (Å²) in [4.78, 5) is 11.5. The Labute approximate surface area is 113 Å². The van der Waals surface area contributed by atoms with Crippen LogP contribution in [0.25, 0.3) is 0 Å². The minimum Gasteiger partial charge on any atom is -0.481 e. The molecule has 98 valence electrons. The Morgan fingerprint density at radius 3 is 2.44 bits per heavy atom. The van der Waals surface area contributed by atoms with E-state index in [1.807, 2.05) is 0 Å². The number of rotatable bonds is 4. The average molecular weight is 270 g/mol. The molecule has 1 aromatic rings. The smallest absolute Gasteiger partial charge is 0.330 e. The molecule has 4 nitrogen and oxygen atoms in total. The zero-order valence-electron chi connectivity index (χ0n) is 10.3. The number of hydrogen-bond donors (Lipinski definition) is 1. The lowest BCUT2D eigenvalue weighted by molar-refractivity contribution is -0.146. The summed E-state index contributed by atoms with van der Waals surface area (Å²) in [6, 6.07) is 6.84. The largest absolute Gasteiger partial charge is 0.481 e. The molecule has 1 unspecified atom stereocenters. The molecule has 2 N–H and O–H groups in total. The first kappa shape index (κ1) is 16.3. The van der Waals surface area contributed by atoms with Crippen molar-refractivity contribution in [3.8, 4) is 18.1 Å². The number of halogens is 1. The molecule has 0 aliphatic heterocycles. The van der Waals surface area contributed by atoms with E-state index < -0.39 is 11.5 Å². The Bertz CT molecular complexity index is 435. The van der Waals surface area contributed by atoms with Crippen molar-refractivity contribution in [1.29, 1.82) is 0 Å². The van der Waals surface area contributed by atoms with Gasteiger partial charge in [0.1, 0.15) is 17.9 Å². The lowest BCUT2D eigenvalue weighted by Crippen LogP contribution is -2.42. The summed E-state index contributed by atoms with van der Waals surface area (Å²) in [6.07, 6.45) is 5.08. The van der Waals surface area contributed by atoms with Crippen LogP contribution >= 0.6 is 12.4 Å². The van der Waals surface area contributed by atoms with Crippen LogP contribution in [0.4, 0.5) is 0 Å². The molecule has 0 amide bonds. The van der Waals surface area contributed by atoms with Crippen LogP contribution < -0.4 is 10.5 Å². The van der Waals surface area contributed by atoms with Gasteiger partial charge in [-0.25, -0.2) is 4.79 Å². The van der Waals surface area contributed by atoms with Gasteiger partial charge in [-0.05, 0) is 24.6 Å². The Balaban J connectivity index is 0.00000289. The highest BCUT2D eigenvalue weighted by atomic mass is 35.5. The van der Waals surface area contributed by atoms with Crippen molar-refractivity contribution in [2.24, 2.45) is 5.73 Å². The van der Waals surface area contributed by atoms with E-state index in [1.165, 1.54) is 7.11 Å². The van der Waals surface area contributed by atoms with Gasteiger partial charge in [0, 0.05) is 0 Å². The minimum absolute atomic E-state index is 0. The molecule has 0 saturated carbocycles. The van der Waals surface area contributed by atoms with Crippen molar-refractivity contribution in [2.75, 3.05) is 13.7 Å². The molecule has 1 atom stereocenters. The number of ether oxygens (including phenoxy) is 2. The van der Waals surface area contributed by atoms with Crippen LogP contribution in [0.3, 0.4) is 0 Å². The zero-order chi connectivity index (χ0) is 12.9. The third kappa shape index (κ3) is 3.66. The molecule has 5 heteroatoms. The normalized spacial score (nSPS) is 12.6. The maximum absolute atomic E-state index is 11.5. The first-order chi connectivity index (χ1) is 8.02. The second-order valence-corrected chi connectivity index (χ2v) is 3.71. The van der Waals surface area contributed by atoms with Gasteiger partial charge in [-0.2, -0.15) is 0 Å². The number of esters is 1. The van der Waals surface area contributed by atoms with Gasteiger partial charge in [-0.1, -0.05) is 18.1 Å². The number of nitrogens with two attached hydrogens (primary N) is 1. The molecular formula is C13H16ClNO3. The Morgan fingerprint density at radius 1 is 1.44 bits per heavy atom. The molecule has 0 radical (unpaired) electrons. The summed E-state index contributed by atoms with van der Waals surface area (Å²) in [6.45, 7) is 1.80. The van der Waals surface area contributed by atoms with Crippen molar-refractivity contribution in [3.05, 3.63) is 29.8 Å². The highest BCUT2D eigenvalue weighted by Gasteiger charge is 2.31. The van der Waals surface area contributed by atoms with Crippen molar-refractivity contribution < 1.29 is 14.3 Å². The van der Waals surface area contributed by atoms with Gasteiger partial charge in [0.05, 0.1) is 7.11 Å². The molecule has 0 aliphatic rings. The third-order valence-electron chi connectivity index (χ3n) is 2.39. The van der Waals surface area contributed by atoms with E-state index in [2.05, 4.69) is 10.7 Å². The van der Waals surface area contributed by atoms with Crippen LogP contribution in [0.1, 0.15) is 12.5 Å². The topological polar surface area (TPSA) is 61.5 Å². The van der Waals surface area contributed by atoms with Crippen molar-refractivity contribution in [3.63, 3.8) is 0 Å². The van der Waals surface area contributed by atoms with Crippen LogP contribution in [0.2, 0.25) is 0 Å². The van der Waals surface area contributed by atoms with E-state index >= 15 is 0 Å². The molecule has 0 spiro atoms. The molecule has 18 heavy (non-hydrogen) atoms. The van der Waals surface area contributed by atoms with E-state index in [1.54, 1.807) is 31.2 Å². The molecule has 1 rings (SSSR count). The van der Waals surface area contributed by atoms with E-state index in [-0.39, 0.29) is 19.0 Å². The SMILES string of the molecule is C#CCOc1ccc(C(C)(N)C(=O)OC)cc1.Cl. The minimum atomic E-state index is -1.17. The molecule has 0 bridgehead atoms. The molecule has 0 fully saturated rings. The van der Waals surface area contributed by atoms with Gasteiger partial charge in [-0.15, -0.1) is 18.8 Å². The predicted molar refractivity (Wildman–Crippen MR) is 71.6 cm³/mol. The van der Waals surface area contributed by atoms with Crippen LogP contribution in [0.5, 0.6) is 5.75 Å². The molecule has 0 aliphatic carbocycles. The van der Waals surface area contributed by atoms with Gasteiger partial charge < -0.3 is 15.2 Å². The monoisotopic (exact) mass is 269 g/mol. The standard InChI is InChI=1S/C13H15NO3.ClH/c1-4-9-17-11-7-5-10(6-8-11)13(2,14)12(15)16-3;/h1,5-8H,9,14H2,2-3H3;1H. The number of methoxy groups -OCH3 is 1. The second kappa shape index (κ2) is 6.90. The summed E-state index contributed by atoms with van der Waals surface area (Å²) < 4.78 is 9.86. The maximum Gasteiger partial charge on any atom is 0.330 e. The summed E-state index contributed by atoms with van der Waals surface area (Å²) in [5.41, 5.74) is 5.38. The highest BCUT2D eigenvalue weighted by Crippen LogP contribution is 2.22. The number of carbonyl (C=O) groups excluding carboxylic acids is 1. The fourth-order valence-corrected chi connectivity index (χ4v) is 1.35. The van der Waals surface area contributed by atoms with Crippen LogP contribution in [-0.4, -0.2) is 19.7 Å². The van der Waals surface area contributed by atoms with Crippen molar-refractivity contribution >= 4 is 18.4 Å². The van der Waals surface area contributed by atoms with Crippen molar-refractivity contribution in [1.82, 2.24) is 0 Å². The molecule has 0 saturated heterocycles. The maximum atomic E-state index is 11.5. The van der Waals surface area contributed by atoms with Crippen LogP contribution in [-0.2, 0) is 15.1 Å². The van der Waals surface area contributed by atoms with Crippen LogP contribution in [0.15, 0.2) is 24.3 Å². The summed E-state index contributed by atoms with van der Waals surface area (Å²) >= 11 is 0. The van der Waals surface area contributed by atoms with Gasteiger partial charge >= 0.3 is 5.97 Å². The predicted octanol–water partition coefficient (Wildman–Crippen LogP) is 1.47. The van der Waals surface area contributed by atoms with Gasteiger partial charge in [0.15, 0.2) is 0 Å². The van der Waals surface area contributed by atoms with Crippen molar-refractivity contribution in [2.45, 2.75) is 12.5 Å². The first-order valence-corrected chi connectivity index (χ1v) is 5.06. The van der Waals surface area contributed by atoms with E-state index in [0.29, 0.717) is 11.3 Å². The molecular weight excluding hydrogens is 254 g/mol. The molecule has 0 aromatic heterocycles. The lowest BCUT2D eigenvalue weighted by atomic mass is 9.93. The Hall–Kier alpha value is -1.70. The Kier molecular flexibility index (Phi) is 6.24. The summed E-state index contributed by atoms with van der Waals surface area (Å²) in [5, 5.41) is 0. The Morgan fingerprint density at radius 2 is 2.00 bits per heavy atom. The lowest BCUT2D eigenvalue weighted by Gasteiger charge is -2.22. The van der Waals surface area contributed by atoms with E-state index in [9.17, 15) is 4.79 Å². The van der Waals surface area contributed by atoms with E-state index in [4.69, 9.17) is 16.9 Å². The van der Waals surface area contributed by atoms with Gasteiger partial charge in [0.2, 0.25) is 0 Å². The number of terminal acetylenes is 1. The van der Waals surface area contributed by atoms with Gasteiger partial charge in [-0.3, -0.25) is 0 Å². The quantitative estimate of drug-likeness (QED) is 0.664. The number of benzene rings is 1. The molecule has 1 aromatic carbocycles. The number of carbonyl (C=O) groups is 1. The summed E-state index contributed by atoms with van der Waals surface area (Å²) in [7, 11) is 1.30. The highest BCUT2D eigenvalue weighted by molar-refractivity contribution is 5.85.